The first-order chi connectivity index (χ1) is 10.9. The van der Waals surface area contributed by atoms with Gasteiger partial charge in [0.25, 0.3) is 0 Å². The standard InChI is InChI=1S/C14H17F3N4O2/c15-14(16,17)13(22)23-19-10-6-5-9(7-10)8-21-12-4-2-1-3-11(12)18-20-21/h1-4,9-10,18-20H,5-8H2/t9-,10+/m0/s1. The number of halogens is 3. The van der Waals surface area contributed by atoms with Gasteiger partial charge in [0.1, 0.15) is 0 Å². The molecule has 0 unspecified atom stereocenters. The van der Waals surface area contributed by atoms with Crippen molar-refractivity contribution in [3.8, 4) is 0 Å². The van der Waals surface area contributed by atoms with Crippen LogP contribution in [0.1, 0.15) is 19.3 Å². The Labute approximate surface area is 130 Å². The number of carbonyl (C=O) groups is 1. The van der Waals surface area contributed by atoms with Gasteiger partial charge in [0.05, 0.1) is 11.4 Å². The van der Waals surface area contributed by atoms with E-state index in [0.717, 1.165) is 24.3 Å². The fourth-order valence-corrected chi connectivity index (χ4v) is 2.95. The molecule has 1 aromatic rings. The SMILES string of the molecule is O=C(ON[C@@H]1CC[C@H](CN2NNc3ccccc32)C1)C(F)(F)F. The Bertz CT molecular complexity index is 581. The smallest absolute Gasteiger partial charge is 0.363 e. The number of hydrazine groups is 2. The second kappa shape index (κ2) is 6.25. The highest BCUT2D eigenvalue weighted by Crippen LogP contribution is 2.32. The molecule has 1 saturated carbocycles. The van der Waals surface area contributed by atoms with Crippen LogP contribution in [-0.4, -0.2) is 24.7 Å². The van der Waals surface area contributed by atoms with Gasteiger partial charge in [-0.1, -0.05) is 12.1 Å². The van der Waals surface area contributed by atoms with Crippen LogP contribution >= 0.6 is 0 Å². The maximum absolute atomic E-state index is 12.1. The zero-order chi connectivity index (χ0) is 16.4. The van der Waals surface area contributed by atoms with Crippen molar-refractivity contribution in [1.82, 2.24) is 11.0 Å². The summed E-state index contributed by atoms with van der Waals surface area (Å²) in [5.41, 5.74) is 10.4. The minimum Gasteiger partial charge on any atom is -0.363 e. The Kier molecular flexibility index (Phi) is 4.31. The Morgan fingerprint density at radius 2 is 2.13 bits per heavy atom. The molecule has 3 N–H and O–H groups in total. The van der Waals surface area contributed by atoms with E-state index in [4.69, 9.17) is 0 Å². The van der Waals surface area contributed by atoms with E-state index in [1.807, 2.05) is 29.3 Å². The van der Waals surface area contributed by atoms with Crippen molar-refractivity contribution in [3.63, 3.8) is 0 Å². The van der Waals surface area contributed by atoms with E-state index in [-0.39, 0.29) is 12.0 Å². The van der Waals surface area contributed by atoms with Gasteiger partial charge in [-0.05, 0) is 37.3 Å². The molecular weight excluding hydrogens is 313 g/mol. The molecule has 6 nitrogen and oxygen atoms in total. The zero-order valence-electron chi connectivity index (χ0n) is 12.2. The van der Waals surface area contributed by atoms with Gasteiger partial charge >= 0.3 is 12.1 Å². The number of carbonyl (C=O) groups excluding carboxylic acids is 1. The van der Waals surface area contributed by atoms with Crippen molar-refractivity contribution < 1.29 is 22.8 Å². The number of nitrogens with one attached hydrogen (secondary N) is 3. The van der Waals surface area contributed by atoms with Crippen LogP contribution in [0.5, 0.6) is 0 Å². The van der Waals surface area contributed by atoms with E-state index >= 15 is 0 Å². The maximum atomic E-state index is 12.1. The third-order valence-electron chi connectivity index (χ3n) is 4.05. The molecule has 0 aromatic heterocycles. The molecule has 0 bridgehead atoms. The van der Waals surface area contributed by atoms with Crippen molar-refractivity contribution in [1.29, 1.82) is 0 Å². The number of alkyl halides is 3. The predicted molar refractivity (Wildman–Crippen MR) is 77.0 cm³/mol. The van der Waals surface area contributed by atoms with Gasteiger partial charge in [0.15, 0.2) is 0 Å². The summed E-state index contributed by atoms with van der Waals surface area (Å²) in [7, 11) is 0. The Morgan fingerprint density at radius 3 is 2.91 bits per heavy atom. The largest absolute Gasteiger partial charge is 0.492 e. The Balaban J connectivity index is 1.47. The lowest BCUT2D eigenvalue weighted by Gasteiger charge is -2.22. The van der Waals surface area contributed by atoms with Gasteiger partial charge in [0, 0.05) is 12.6 Å². The van der Waals surface area contributed by atoms with Crippen molar-refractivity contribution in [2.45, 2.75) is 31.5 Å². The first kappa shape index (κ1) is 15.9. The number of nitrogens with zero attached hydrogens (tertiary/aromatic N) is 1. The maximum Gasteiger partial charge on any atom is 0.492 e. The summed E-state index contributed by atoms with van der Waals surface area (Å²) >= 11 is 0. The highest BCUT2D eigenvalue weighted by Gasteiger charge is 2.42. The lowest BCUT2D eigenvalue weighted by molar-refractivity contribution is -0.208. The van der Waals surface area contributed by atoms with E-state index in [1.54, 1.807) is 0 Å². The van der Waals surface area contributed by atoms with Gasteiger partial charge in [0.2, 0.25) is 0 Å². The summed E-state index contributed by atoms with van der Waals surface area (Å²) < 4.78 is 36.2. The number of anilines is 2. The second-order valence-electron chi connectivity index (χ2n) is 5.75. The summed E-state index contributed by atoms with van der Waals surface area (Å²) in [6, 6.07) is 7.56. The lowest BCUT2D eigenvalue weighted by atomic mass is 10.1. The van der Waals surface area contributed by atoms with Crippen molar-refractivity contribution in [2.75, 3.05) is 17.0 Å². The van der Waals surface area contributed by atoms with E-state index < -0.39 is 12.1 Å². The topological polar surface area (TPSA) is 65.6 Å². The minimum atomic E-state index is -4.97. The Hall–Kier alpha value is -2.00. The summed E-state index contributed by atoms with van der Waals surface area (Å²) in [6.45, 7) is 0.718. The molecule has 3 rings (SSSR count). The second-order valence-corrected chi connectivity index (χ2v) is 5.75. The van der Waals surface area contributed by atoms with E-state index in [2.05, 4.69) is 21.3 Å². The summed E-state index contributed by atoms with van der Waals surface area (Å²) in [4.78, 5) is 14.8. The molecule has 1 fully saturated rings. The Morgan fingerprint density at radius 1 is 1.35 bits per heavy atom. The molecule has 0 amide bonds. The third kappa shape index (κ3) is 3.67. The van der Waals surface area contributed by atoms with Crippen LogP contribution < -0.4 is 21.4 Å². The molecule has 1 aliphatic heterocycles. The van der Waals surface area contributed by atoms with Crippen LogP contribution in [0.25, 0.3) is 0 Å². The highest BCUT2D eigenvalue weighted by molar-refractivity contribution is 5.75. The number of hydrogen-bond acceptors (Lipinski definition) is 6. The van der Waals surface area contributed by atoms with E-state index in [9.17, 15) is 18.0 Å². The van der Waals surface area contributed by atoms with Crippen LogP contribution in [0.3, 0.4) is 0 Å². The molecule has 126 valence electrons. The molecule has 1 heterocycles. The van der Waals surface area contributed by atoms with Crippen molar-refractivity contribution in [2.24, 2.45) is 5.92 Å². The summed E-state index contributed by atoms with van der Waals surface area (Å²) in [5, 5.41) is 1.98. The first-order valence-electron chi connectivity index (χ1n) is 7.35. The molecule has 0 radical (unpaired) electrons. The summed E-state index contributed by atoms with van der Waals surface area (Å²) in [6.07, 6.45) is -2.81. The molecule has 1 aliphatic carbocycles. The summed E-state index contributed by atoms with van der Waals surface area (Å²) in [5.74, 6) is -1.92. The molecule has 0 saturated heterocycles. The fraction of sp³-hybridized carbons (Fsp3) is 0.500. The third-order valence-corrected chi connectivity index (χ3v) is 4.05. The quantitative estimate of drug-likeness (QED) is 0.735. The average molecular weight is 330 g/mol. The van der Waals surface area contributed by atoms with Crippen molar-refractivity contribution in [3.05, 3.63) is 24.3 Å². The molecule has 0 spiro atoms. The number of fused-ring (bicyclic) bond motifs is 1. The van der Waals surface area contributed by atoms with Crippen LogP contribution in [-0.2, 0) is 9.63 Å². The average Bonchev–Trinajstić information content (AvgIpc) is 3.12. The number of rotatable bonds is 4. The van der Waals surface area contributed by atoms with Crippen molar-refractivity contribution >= 4 is 17.3 Å². The number of hydrogen-bond donors (Lipinski definition) is 3. The molecular formula is C14H17F3N4O2. The molecule has 2 atom stereocenters. The molecule has 9 heteroatoms. The number of para-hydroxylation sites is 2. The molecule has 23 heavy (non-hydrogen) atoms. The molecule has 1 aromatic carbocycles. The first-order valence-corrected chi connectivity index (χ1v) is 7.35. The lowest BCUT2D eigenvalue weighted by Crippen LogP contribution is -2.40. The van der Waals surface area contributed by atoms with Gasteiger partial charge in [-0.2, -0.15) is 13.2 Å². The van der Waals surface area contributed by atoms with Gasteiger partial charge in [-0.15, -0.1) is 11.0 Å². The molecule has 2 aliphatic rings. The monoisotopic (exact) mass is 330 g/mol. The van der Waals surface area contributed by atoms with Crippen LogP contribution in [0, 0.1) is 5.92 Å². The van der Waals surface area contributed by atoms with E-state index in [0.29, 0.717) is 12.8 Å². The predicted octanol–water partition coefficient (Wildman–Crippen LogP) is 2.12. The van der Waals surface area contributed by atoms with Gasteiger partial charge < -0.3 is 10.3 Å². The van der Waals surface area contributed by atoms with Crippen LogP contribution in [0.15, 0.2) is 24.3 Å². The minimum absolute atomic E-state index is 0.253. The number of hydroxylamine groups is 1. The van der Waals surface area contributed by atoms with E-state index in [1.165, 1.54) is 0 Å². The number of benzene rings is 1. The van der Waals surface area contributed by atoms with Gasteiger partial charge in [-0.25, -0.2) is 4.79 Å². The van der Waals surface area contributed by atoms with Crippen LogP contribution in [0.2, 0.25) is 0 Å². The fourth-order valence-electron chi connectivity index (χ4n) is 2.95. The highest BCUT2D eigenvalue weighted by atomic mass is 19.4. The van der Waals surface area contributed by atoms with Crippen LogP contribution in [0.4, 0.5) is 24.5 Å². The zero-order valence-corrected chi connectivity index (χ0v) is 12.2. The van der Waals surface area contributed by atoms with Gasteiger partial charge in [-0.3, -0.25) is 5.01 Å². The normalized spacial score (nSPS) is 23.5.